The van der Waals surface area contributed by atoms with Crippen molar-refractivity contribution in [1.82, 2.24) is 0 Å². The van der Waals surface area contributed by atoms with Crippen LogP contribution in [0.1, 0.15) is 5.56 Å². The molecule has 10 heteroatoms. The average molecular weight is 490 g/mol. The van der Waals surface area contributed by atoms with E-state index < -0.39 is 6.36 Å². The Labute approximate surface area is 196 Å². The van der Waals surface area contributed by atoms with Crippen molar-refractivity contribution in [3.8, 4) is 11.9 Å². The molecule has 0 saturated carbocycles. The first-order chi connectivity index (χ1) is 16.3. The number of aryl methyl sites for hydroxylation is 1. The molecule has 0 bridgehead atoms. The van der Waals surface area contributed by atoms with E-state index in [0.29, 0.717) is 21.5 Å². The van der Waals surface area contributed by atoms with Gasteiger partial charge >= 0.3 is 6.36 Å². The third-order valence-corrected chi connectivity index (χ3v) is 8.27. The molecular formula is C24H9F3N4OS2. The lowest BCUT2D eigenvalue weighted by molar-refractivity contribution is -0.274. The topological polar surface area (TPSA) is 62.1 Å². The first-order valence-electron chi connectivity index (χ1n) is 9.84. The van der Waals surface area contributed by atoms with Gasteiger partial charge < -0.3 is 4.74 Å². The minimum atomic E-state index is -4.82. The normalized spacial score (nSPS) is 13.6. The largest absolute Gasteiger partial charge is 0.573 e. The maximum atomic E-state index is 12.8. The quantitative estimate of drug-likeness (QED) is 0.145. The number of halogens is 3. The number of nitriles is 1. The van der Waals surface area contributed by atoms with Crippen molar-refractivity contribution in [2.24, 2.45) is 10.1 Å². The van der Waals surface area contributed by atoms with E-state index in [1.165, 1.54) is 34.8 Å². The summed E-state index contributed by atoms with van der Waals surface area (Å²) >= 11 is 2.94. The van der Waals surface area contributed by atoms with Crippen LogP contribution in [0.2, 0.25) is 0 Å². The number of benzene rings is 2. The van der Waals surface area contributed by atoms with Crippen LogP contribution in [0.3, 0.4) is 0 Å². The van der Waals surface area contributed by atoms with Gasteiger partial charge in [-0.2, -0.15) is 16.8 Å². The Kier molecular flexibility index (Phi) is 4.24. The van der Waals surface area contributed by atoms with Crippen molar-refractivity contribution in [2.75, 3.05) is 0 Å². The van der Waals surface area contributed by atoms with Gasteiger partial charge in [0.25, 0.3) is 0 Å². The fourth-order valence-electron chi connectivity index (χ4n) is 4.52. The summed E-state index contributed by atoms with van der Waals surface area (Å²) in [6, 6.07) is 10.1. The second-order valence-corrected chi connectivity index (χ2v) is 9.73. The van der Waals surface area contributed by atoms with Gasteiger partial charge in [0, 0.05) is 21.5 Å². The van der Waals surface area contributed by atoms with E-state index in [1.54, 1.807) is 12.3 Å². The highest BCUT2D eigenvalue weighted by molar-refractivity contribution is 7.37. The summed E-state index contributed by atoms with van der Waals surface area (Å²) in [6.45, 7) is 9.26. The highest BCUT2D eigenvalue weighted by Crippen LogP contribution is 2.48. The third-order valence-electron chi connectivity index (χ3n) is 5.71. The fourth-order valence-corrected chi connectivity index (χ4v) is 7.45. The molecule has 0 N–H and O–H groups in total. The van der Waals surface area contributed by atoms with Crippen LogP contribution in [-0.4, -0.2) is 6.36 Å². The lowest BCUT2D eigenvalue weighted by Crippen LogP contribution is -2.17. The summed E-state index contributed by atoms with van der Waals surface area (Å²) in [5, 5.41) is 19.2. The summed E-state index contributed by atoms with van der Waals surface area (Å²) in [6.07, 6.45) is -3.05. The first-order valence-corrected chi connectivity index (χ1v) is 11.5. The van der Waals surface area contributed by atoms with E-state index >= 15 is 0 Å². The van der Waals surface area contributed by atoms with Crippen molar-refractivity contribution >= 4 is 73.8 Å². The van der Waals surface area contributed by atoms with Crippen LogP contribution in [0.5, 0.6) is 5.75 Å². The Hall–Kier alpha value is -3.99. The molecule has 0 saturated heterocycles. The van der Waals surface area contributed by atoms with Crippen LogP contribution in [-0.2, 0) is 0 Å². The maximum absolute atomic E-state index is 12.8. The molecule has 0 radical (unpaired) electrons. The van der Waals surface area contributed by atoms with Gasteiger partial charge in [-0.05, 0) is 42.0 Å². The number of ether oxygens (including phenoxy) is 1. The highest BCUT2D eigenvalue weighted by atomic mass is 32.1. The highest BCUT2D eigenvalue weighted by Gasteiger charge is 2.31. The second-order valence-electron chi connectivity index (χ2n) is 7.68. The Bertz CT molecular complexity index is 2020. The molecular weight excluding hydrogens is 481 g/mol. The summed E-state index contributed by atoms with van der Waals surface area (Å²) in [5.74, 6) is -0.368. The minimum Gasteiger partial charge on any atom is -0.406 e. The Morgan fingerprint density at radius 1 is 0.912 bits per heavy atom. The summed E-state index contributed by atoms with van der Waals surface area (Å²) < 4.78 is 45.9. The van der Waals surface area contributed by atoms with Crippen LogP contribution < -0.4 is 15.5 Å². The zero-order valence-corrected chi connectivity index (χ0v) is 18.7. The minimum absolute atomic E-state index is 0.333. The van der Waals surface area contributed by atoms with E-state index in [2.05, 4.69) is 19.8 Å². The molecule has 0 aliphatic rings. The molecule has 0 aliphatic heterocycles. The average Bonchev–Trinajstić information content (AvgIpc) is 3.45. The zero-order valence-electron chi connectivity index (χ0n) is 17.1. The van der Waals surface area contributed by atoms with Crippen molar-refractivity contribution in [3.63, 3.8) is 0 Å². The van der Waals surface area contributed by atoms with Crippen LogP contribution in [0.15, 0.2) is 46.5 Å². The van der Waals surface area contributed by atoms with Crippen LogP contribution in [0, 0.1) is 25.0 Å². The summed E-state index contributed by atoms with van der Waals surface area (Å²) in [4.78, 5) is 7.22. The molecule has 0 fully saturated rings. The standard InChI is InChI=1S/C24H9F3N4OS2/c1-10-3-5-12-14(7-10)19(31-29-2)21-17(12)23-22(34-21)16-13-6-4-11(32-24(25,26)27)8-15(13)18(30-9-28)20(16)33-23/h3-8H,1H3/b30-18?,31-19+. The van der Waals surface area contributed by atoms with Gasteiger partial charge in [-0.15, -0.1) is 40.8 Å². The van der Waals surface area contributed by atoms with Crippen molar-refractivity contribution in [3.05, 3.63) is 64.2 Å². The molecule has 6 aromatic rings. The van der Waals surface area contributed by atoms with E-state index in [1.807, 2.05) is 25.1 Å². The van der Waals surface area contributed by atoms with Crippen LogP contribution in [0.4, 0.5) is 13.2 Å². The molecule has 0 spiro atoms. The van der Waals surface area contributed by atoms with Crippen molar-refractivity contribution < 1.29 is 17.9 Å². The predicted octanol–water partition coefficient (Wildman–Crippen LogP) is 6.77. The maximum Gasteiger partial charge on any atom is 0.573 e. The van der Waals surface area contributed by atoms with Gasteiger partial charge in [-0.25, -0.2) is 0 Å². The number of thiophene rings is 2. The van der Waals surface area contributed by atoms with Gasteiger partial charge in [0.05, 0.1) is 23.9 Å². The smallest absolute Gasteiger partial charge is 0.406 e. The predicted molar refractivity (Wildman–Crippen MR) is 127 cm³/mol. The molecule has 0 unspecified atom stereocenters. The first kappa shape index (κ1) is 20.6. The second kappa shape index (κ2) is 7.00. The van der Waals surface area contributed by atoms with E-state index in [-0.39, 0.29) is 5.75 Å². The van der Waals surface area contributed by atoms with E-state index in [0.717, 1.165) is 45.9 Å². The lowest BCUT2D eigenvalue weighted by Gasteiger charge is -2.08. The number of fused-ring (bicyclic) bond motifs is 9. The monoisotopic (exact) mass is 490 g/mol. The molecule has 0 atom stereocenters. The molecule has 0 amide bonds. The number of nitrogens with zero attached hydrogens (tertiary/aromatic N) is 4. The Balaban J connectivity index is 1.78. The van der Waals surface area contributed by atoms with Gasteiger partial charge in [0.2, 0.25) is 6.19 Å². The number of hydrogen-bond acceptors (Lipinski definition) is 6. The van der Waals surface area contributed by atoms with Crippen LogP contribution in [0.25, 0.3) is 56.1 Å². The van der Waals surface area contributed by atoms with Crippen molar-refractivity contribution in [1.29, 1.82) is 5.26 Å². The molecule has 5 nitrogen and oxygen atoms in total. The fraction of sp³-hybridized carbons (Fsp3) is 0.0833. The van der Waals surface area contributed by atoms with E-state index in [4.69, 9.17) is 6.57 Å². The SMILES string of the molecule is [C-]#[N+]/N=c1\c2cc(C)ccc2c2c1sc1c2sc2c(=NC#N)c3cc(OC(F)(F)F)ccc3c21. The van der Waals surface area contributed by atoms with Crippen LogP contribution >= 0.6 is 22.7 Å². The summed E-state index contributed by atoms with van der Waals surface area (Å²) in [5.41, 5.74) is 1.06. The van der Waals surface area contributed by atoms with Crippen molar-refractivity contribution in [2.45, 2.75) is 13.3 Å². The number of hydrogen-bond donors (Lipinski definition) is 0. The molecule has 164 valence electrons. The van der Waals surface area contributed by atoms with Gasteiger partial charge in [0.1, 0.15) is 11.1 Å². The number of rotatable bonds is 1. The number of alkyl halides is 3. The molecule has 4 aromatic carbocycles. The lowest BCUT2D eigenvalue weighted by atomic mass is 10.1. The van der Waals surface area contributed by atoms with Gasteiger partial charge in [-0.1, -0.05) is 17.7 Å². The molecule has 2 aromatic heterocycles. The van der Waals surface area contributed by atoms with E-state index in [9.17, 15) is 18.4 Å². The molecule has 34 heavy (non-hydrogen) atoms. The van der Waals surface area contributed by atoms with Gasteiger partial charge in [0.15, 0.2) is 5.36 Å². The van der Waals surface area contributed by atoms with Gasteiger partial charge in [-0.3, -0.25) is 0 Å². The molecule has 0 aliphatic carbocycles. The molecule has 6 rings (SSSR count). The molecule has 2 heterocycles. The Morgan fingerprint density at radius 3 is 2.15 bits per heavy atom. The zero-order chi connectivity index (χ0) is 23.8. The summed E-state index contributed by atoms with van der Waals surface area (Å²) in [7, 11) is 0. The third kappa shape index (κ3) is 2.83. The Morgan fingerprint density at radius 2 is 1.53 bits per heavy atom.